The molecule has 0 radical (unpaired) electrons. The molecule has 2 unspecified atom stereocenters. The summed E-state index contributed by atoms with van der Waals surface area (Å²) in [5.41, 5.74) is 6.59. The molecule has 1 fully saturated rings. The Balaban J connectivity index is 1.98. The summed E-state index contributed by atoms with van der Waals surface area (Å²) in [6.07, 6.45) is 8.59. The SMILES string of the molecule is CCC1CCCC(N)(Cc2ccc(Cl)s2)CC1. The highest BCUT2D eigenvalue weighted by Gasteiger charge is 2.29. The molecular weight excluding hydrogens is 250 g/mol. The van der Waals surface area contributed by atoms with E-state index in [1.54, 1.807) is 11.3 Å². The summed E-state index contributed by atoms with van der Waals surface area (Å²) < 4.78 is 0.878. The summed E-state index contributed by atoms with van der Waals surface area (Å²) in [5.74, 6) is 0.896. The third-order valence-electron chi connectivity index (χ3n) is 4.07. The molecule has 1 aliphatic rings. The predicted octanol–water partition coefficient (Wildman–Crippen LogP) is 4.63. The van der Waals surface area contributed by atoms with Crippen LogP contribution in [-0.2, 0) is 6.42 Å². The van der Waals surface area contributed by atoms with Gasteiger partial charge in [-0.2, -0.15) is 0 Å². The van der Waals surface area contributed by atoms with Gasteiger partial charge in [0, 0.05) is 10.4 Å². The second kappa shape index (κ2) is 5.73. The highest BCUT2D eigenvalue weighted by atomic mass is 35.5. The average Bonchev–Trinajstić information content (AvgIpc) is 2.59. The van der Waals surface area contributed by atoms with Gasteiger partial charge in [0.1, 0.15) is 0 Å². The molecule has 1 aromatic rings. The van der Waals surface area contributed by atoms with Crippen molar-refractivity contribution < 1.29 is 0 Å². The first-order valence-electron chi connectivity index (χ1n) is 6.64. The lowest BCUT2D eigenvalue weighted by Gasteiger charge is -2.27. The van der Waals surface area contributed by atoms with Crippen LogP contribution in [0.2, 0.25) is 4.34 Å². The predicted molar refractivity (Wildman–Crippen MR) is 76.8 cm³/mol. The van der Waals surface area contributed by atoms with E-state index in [1.165, 1.54) is 43.4 Å². The molecular formula is C14H22ClNS. The van der Waals surface area contributed by atoms with Crippen molar-refractivity contribution in [2.75, 3.05) is 0 Å². The Kier molecular flexibility index (Phi) is 4.51. The topological polar surface area (TPSA) is 26.0 Å². The third-order valence-corrected chi connectivity index (χ3v) is 5.30. The number of rotatable bonds is 3. The maximum Gasteiger partial charge on any atom is 0.0931 e. The van der Waals surface area contributed by atoms with Crippen molar-refractivity contribution in [3.63, 3.8) is 0 Å². The molecule has 2 rings (SSSR count). The van der Waals surface area contributed by atoms with Gasteiger partial charge in [-0.15, -0.1) is 11.3 Å². The molecule has 1 nitrogen and oxygen atoms in total. The Morgan fingerprint density at radius 2 is 2.24 bits per heavy atom. The van der Waals surface area contributed by atoms with Crippen molar-refractivity contribution in [3.05, 3.63) is 21.3 Å². The lowest BCUT2D eigenvalue weighted by molar-refractivity contribution is 0.360. The van der Waals surface area contributed by atoms with Crippen molar-refractivity contribution in [1.82, 2.24) is 0 Å². The average molecular weight is 272 g/mol. The van der Waals surface area contributed by atoms with Crippen molar-refractivity contribution >= 4 is 22.9 Å². The number of hydrogen-bond acceptors (Lipinski definition) is 2. The van der Waals surface area contributed by atoms with Gasteiger partial charge in [-0.1, -0.05) is 37.8 Å². The molecule has 0 amide bonds. The van der Waals surface area contributed by atoms with Crippen LogP contribution in [0.1, 0.15) is 50.3 Å². The first-order chi connectivity index (χ1) is 8.11. The third kappa shape index (κ3) is 3.70. The molecule has 1 aliphatic carbocycles. The molecule has 1 heterocycles. The van der Waals surface area contributed by atoms with Gasteiger partial charge in [0.15, 0.2) is 0 Å². The molecule has 3 heteroatoms. The molecule has 1 saturated carbocycles. The Bertz CT molecular complexity index is 363. The van der Waals surface area contributed by atoms with Crippen LogP contribution in [0, 0.1) is 5.92 Å². The molecule has 0 spiro atoms. The maximum atomic E-state index is 6.58. The fraction of sp³-hybridized carbons (Fsp3) is 0.714. The van der Waals surface area contributed by atoms with Crippen LogP contribution in [0.25, 0.3) is 0 Å². The van der Waals surface area contributed by atoms with Crippen LogP contribution in [-0.4, -0.2) is 5.54 Å². The zero-order valence-electron chi connectivity index (χ0n) is 10.5. The molecule has 0 aliphatic heterocycles. The second-order valence-corrected chi connectivity index (χ2v) is 7.25. The molecule has 17 heavy (non-hydrogen) atoms. The summed E-state index contributed by atoms with van der Waals surface area (Å²) in [5, 5.41) is 0. The minimum atomic E-state index is 0.0120. The van der Waals surface area contributed by atoms with Crippen LogP contribution in [0.5, 0.6) is 0 Å². The molecule has 0 saturated heterocycles. The normalized spacial score (nSPS) is 30.2. The van der Waals surface area contributed by atoms with Gasteiger partial charge in [0.2, 0.25) is 0 Å². The number of hydrogen-bond donors (Lipinski definition) is 1. The minimum absolute atomic E-state index is 0.0120. The van der Waals surface area contributed by atoms with Crippen LogP contribution in [0.15, 0.2) is 12.1 Å². The van der Waals surface area contributed by atoms with Crippen molar-refractivity contribution in [2.24, 2.45) is 11.7 Å². The van der Waals surface area contributed by atoms with Crippen molar-refractivity contribution in [3.8, 4) is 0 Å². The van der Waals surface area contributed by atoms with E-state index in [1.807, 2.05) is 6.07 Å². The summed E-state index contributed by atoms with van der Waals surface area (Å²) >= 11 is 7.66. The van der Waals surface area contributed by atoms with E-state index in [0.717, 1.165) is 16.7 Å². The summed E-state index contributed by atoms with van der Waals surface area (Å²) in [6, 6.07) is 4.11. The monoisotopic (exact) mass is 271 g/mol. The largest absolute Gasteiger partial charge is 0.325 e. The van der Waals surface area contributed by atoms with Crippen LogP contribution >= 0.6 is 22.9 Å². The van der Waals surface area contributed by atoms with Gasteiger partial charge in [0.05, 0.1) is 4.34 Å². The van der Waals surface area contributed by atoms with E-state index in [4.69, 9.17) is 17.3 Å². The lowest BCUT2D eigenvalue weighted by Crippen LogP contribution is -2.41. The van der Waals surface area contributed by atoms with Gasteiger partial charge in [0.25, 0.3) is 0 Å². The van der Waals surface area contributed by atoms with Gasteiger partial charge in [-0.05, 0) is 43.7 Å². The van der Waals surface area contributed by atoms with Gasteiger partial charge < -0.3 is 5.73 Å². The highest BCUT2D eigenvalue weighted by Crippen LogP contribution is 2.34. The number of halogens is 1. The standard InChI is InChI=1S/C14H22ClNS/c1-2-11-4-3-8-14(16,9-7-11)10-12-5-6-13(15)17-12/h5-6,11H,2-4,7-10,16H2,1H3. The first-order valence-corrected chi connectivity index (χ1v) is 7.84. The van der Waals surface area contributed by atoms with Crippen LogP contribution in [0.4, 0.5) is 0 Å². The van der Waals surface area contributed by atoms with Crippen LogP contribution in [0.3, 0.4) is 0 Å². The van der Waals surface area contributed by atoms with Crippen molar-refractivity contribution in [2.45, 2.75) is 57.4 Å². The van der Waals surface area contributed by atoms with E-state index < -0.39 is 0 Å². The smallest absolute Gasteiger partial charge is 0.0931 e. The maximum absolute atomic E-state index is 6.58. The Morgan fingerprint density at radius 1 is 1.41 bits per heavy atom. The number of thiophene rings is 1. The van der Waals surface area contributed by atoms with E-state index in [2.05, 4.69) is 13.0 Å². The van der Waals surface area contributed by atoms with E-state index in [-0.39, 0.29) is 5.54 Å². The highest BCUT2D eigenvalue weighted by molar-refractivity contribution is 7.16. The molecule has 2 atom stereocenters. The molecule has 1 aromatic heterocycles. The molecule has 96 valence electrons. The first kappa shape index (κ1) is 13.4. The van der Waals surface area contributed by atoms with Crippen LogP contribution < -0.4 is 5.73 Å². The van der Waals surface area contributed by atoms with Gasteiger partial charge >= 0.3 is 0 Å². The Morgan fingerprint density at radius 3 is 2.88 bits per heavy atom. The fourth-order valence-electron chi connectivity index (χ4n) is 2.88. The lowest BCUT2D eigenvalue weighted by atomic mass is 9.87. The minimum Gasteiger partial charge on any atom is -0.325 e. The van der Waals surface area contributed by atoms with E-state index >= 15 is 0 Å². The summed E-state index contributed by atoms with van der Waals surface area (Å²) in [6.45, 7) is 2.30. The fourth-order valence-corrected chi connectivity index (χ4v) is 4.13. The van der Waals surface area contributed by atoms with E-state index in [9.17, 15) is 0 Å². The number of nitrogens with two attached hydrogens (primary N) is 1. The zero-order chi connectivity index (χ0) is 12.3. The summed E-state index contributed by atoms with van der Waals surface area (Å²) in [7, 11) is 0. The van der Waals surface area contributed by atoms with Gasteiger partial charge in [-0.25, -0.2) is 0 Å². The Hall–Kier alpha value is -0.0500. The zero-order valence-corrected chi connectivity index (χ0v) is 12.1. The quantitative estimate of drug-likeness (QED) is 0.797. The second-order valence-electron chi connectivity index (χ2n) is 5.45. The van der Waals surface area contributed by atoms with E-state index in [0.29, 0.717) is 0 Å². The molecule has 0 aromatic carbocycles. The van der Waals surface area contributed by atoms with Gasteiger partial charge in [-0.3, -0.25) is 0 Å². The molecule has 2 N–H and O–H groups in total. The molecule has 0 bridgehead atoms. The summed E-state index contributed by atoms with van der Waals surface area (Å²) in [4.78, 5) is 1.34. The van der Waals surface area contributed by atoms with Crippen molar-refractivity contribution in [1.29, 1.82) is 0 Å². The Labute approximate surface area is 113 Å².